The van der Waals surface area contributed by atoms with Crippen molar-refractivity contribution in [1.82, 2.24) is 10.6 Å². The molecule has 0 heterocycles. The van der Waals surface area contributed by atoms with Crippen LogP contribution in [0.25, 0.3) is 0 Å². The number of carbonyl (C=O) groups is 1. The maximum Gasteiger partial charge on any atom is 0.258 e. The number of aliphatic hydroxyl groups is 1. The van der Waals surface area contributed by atoms with E-state index in [0.717, 1.165) is 16.5 Å². The van der Waals surface area contributed by atoms with Crippen LogP contribution < -0.4 is 20.1 Å². The van der Waals surface area contributed by atoms with Gasteiger partial charge in [0.1, 0.15) is 0 Å². The third kappa shape index (κ3) is 7.63. The summed E-state index contributed by atoms with van der Waals surface area (Å²) in [4.78, 5) is 11.9. The Balaban J connectivity index is 2.79. The zero-order valence-electron chi connectivity index (χ0n) is 15.6. The lowest BCUT2D eigenvalue weighted by Crippen LogP contribution is -2.43. The van der Waals surface area contributed by atoms with Crippen molar-refractivity contribution in [3.05, 3.63) is 22.2 Å². The molecule has 0 aromatic heterocycles. The molecule has 0 aliphatic rings. The SMILES string of the molecule is CCC(CO)NCc1cc(OC)c(OCC(=O)NC(C)(C)C)cc1Br. The highest BCUT2D eigenvalue weighted by molar-refractivity contribution is 9.10. The summed E-state index contributed by atoms with van der Waals surface area (Å²) in [6.45, 7) is 8.36. The van der Waals surface area contributed by atoms with Crippen LogP contribution in [0, 0.1) is 0 Å². The molecule has 0 fully saturated rings. The number of halogens is 1. The van der Waals surface area contributed by atoms with Crippen molar-refractivity contribution < 1.29 is 19.4 Å². The number of hydrogen-bond acceptors (Lipinski definition) is 5. The zero-order valence-corrected chi connectivity index (χ0v) is 17.2. The Hall–Kier alpha value is -1.31. The Morgan fingerprint density at radius 3 is 2.52 bits per heavy atom. The number of benzene rings is 1. The molecule has 0 aliphatic carbocycles. The van der Waals surface area contributed by atoms with E-state index in [1.807, 2.05) is 33.8 Å². The Morgan fingerprint density at radius 2 is 2.00 bits per heavy atom. The number of rotatable bonds is 9. The van der Waals surface area contributed by atoms with E-state index in [9.17, 15) is 9.90 Å². The molecule has 0 spiro atoms. The molecule has 25 heavy (non-hydrogen) atoms. The molecule has 7 heteroatoms. The number of hydrogen-bond donors (Lipinski definition) is 3. The normalized spacial score (nSPS) is 12.6. The highest BCUT2D eigenvalue weighted by Gasteiger charge is 2.16. The lowest BCUT2D eigenvalue weighted by atomic mass is 10.1. The van der Waals surface area contributed by atoms with Crippen LogP contribution in [0.5, 0.6) is 11.5 Å². The molecule has 0 bridgehead atoms. The van der Waals surface area contributed by atoms with E-state index in [-0.39, 0.29) is 30.7 Å². The summed E-state index contributed by atoms with van der Waals surface area (Å²) in [6, 6.07) is 3.70. The number of carbonyl (C=O) groups excluding carboxylic acids is 1. The quantitative estimate of drug-likeness (QED) is 0.576. The standard InChI is InChI=1S/C18H29BrN2O4/c1-6-13(10-22)20-9-12-7-15(24-5)16(8-14(12)19)25-11-17(23)21-18(2,3)4/h7-8,13,20,22H,6,9-11H2,1-5H3,(H,21,23). The Labute approximate surface area is 158 Å². The Kier molecular flexibility index (Phi) is 8.68. The Morgan fingerprint density at radius 1 is 1.32 bits per heavy atom. The van der Waals surface area contributed by atoms with E-state index in [0.29, 0.717) is 18.0 Å². The fourth-order valence-electron chi connectivity index (χ4n) is 2.17. The molecule has 142 valence electrons. The van der Waals surface area contributed by atoms with Gasteiger partial charge >= 0.3 is 0 Å². The summed E-state index contributed by atoms with van der Waals surface area (Å²) in [6.07, 6.45) is 0.843. The van der Waals surface area contributed by atoms with Gasteiger partial charge in [0.05, 0.1) is 13.7 Å². The summed E-state index contributed by atoms with van der Waals surface area (Å²) in [7, 11) is 1.56. The molecule has 3 N–H and O–H groups in total. The van der Waals surface area contributed by atoms with Crippen molar-refractivity contribution in [2.75, 3.05) is 20.3 Å². The minimum Gasteiger partial charge on any atom is -0.493 e. The summed E-state index contributed by atoms with van der Waals surface area (Å²) < 4.78 is 11.8. The lowest BCUT2D eigenvalue weighted by Gasteiger charge is -2.21. The van der Waals surface area contributed by atoms with Gasteiger partial charge in [-0.2, -0.15) is 0 Å². The monoisotopic (exact) mass is 416 g/mol. The molecule has 1 rings (SSSR count). The van der Waals surface area contributed by atoms with Gasteiger partial charge in [-0.15, -0.1) is 0 Å². The number of methoxy groups -OCH3 is 1. The molecule has 1 amide bonds. The van der Waals surface area contributed by atoms with E-state index in [1.165, 1.54) is 0 Å². The van der Waals surface area contributed by atoms with Crippen LogP contribution in [-0.2, 0) is 11.3 Å². The number of nitrogens with one attached hydrogen (secondary N) is 2. The molecule has 0 radical (unpaired) electrons. The second-order valence-electron chi connectivity index (χ2n) is 6.85. The van der Waals surface area contributed by atoms with Crippen LogP contribution in [0.3, 0.4) is 0 Å². The first kappa shape index (κ1) is 21.7. The summed E-state index contributed by atoms with van der Waals surface area (Å²) >= 11 is 3.52. The predicted octanol–water partition coefficient (Wildman–Crippen LogP) is 2.61. The van der Waals surface area contributed by atoms with Crippen molar-refractivity contribution in [3.8, 4) is 11.5 Å². The Bertz CT molecular complexity index is 569. The van der Waals surface area contributed by atoms with Crippen molar-refractivity contribution in [2.24, 2.45) is 0 Å². The highest BCUT2D eigenvalue weighted by atomic mass is 79.9. The second kappa shape index (κ2) is 9.99. The first-order valence-electron chi connectivity index (χ1n) is 8.34. The zero-order chi connectivity index (χ0) is 19.0. The average Bonchev–Trinajstić information content (AvgIpc) is 2.53. The van der Waals surface area contributed by atoms with Gasteiger partial charge in [-0.25, -0.2) is 0 Å². The second-order valence-corrected chi connectivity index (χ2v) is 7.70. The highest BCUT2D eigenvalue weighted by Crippen LogP contribution is 2.33. The average molecular weight is 417 g/mol. The van der Waals surface area contributed by atoms with Crippen LogP contribution in [-0.4, -0.2) is 42.9 Å². The maximum absolute atomic E-state index is 11.9. The van der Waals surface area contributed by atoms with Gasteiger partial charge in [0, 0.05) is 22.6 Å². The summed E-state index contributed by atoms with van der Waals surface area (Å²) in [5, 5.41) is 15.4. The first-order valence-corrected chi connectivity index (χ1v) is 9.14. The van der Waals surface area contributed by atoms with Crippen LogP contribution in [0.2, 0.25) is 0 Å². The fourth-order valence-corrected chi connectivity index (χ4v) is 2.64. The van der Waals surface area contributed by atoms with Crippen molar-refractivity contribution >= 4 is 21.8 Å². The van der Waals surface area contributed by atoms with Crippen LogP contribution >= 0.6 is 15.9 Å². The van der Waals surface area contributed by atoms with Crippen molar-refractivity contribution in [1.29, 1.82) is 0 Å². The van der Waals surface area contributed by atoms with E-state index in [4.69, 9.17) is 9.47 Å². The topological polar surface area (TPSA) is 79.8 Å². The van der Waals surface area contributed by atoms with Gasteiger partial charge in [-0.3, -0.25) is 4.79 Å². The molecule has 0 saturated carbocycles. The van der Waals surface area contributed by atoms with Gasteiger partial charge in [0.2, 0.25) is 0 Å². The van der Waals surface area contributed by atoms with Crippen LogP contribution in [0.1, 0.15) is 39.7 Å². The third-order valence-corrected chi connectivity index (χ3v) is 4.24. The van der Waals surface area contributed by atoms with Gasteiger partial charge in [-0.05, 0) is 44.9 Å². The minimum atomic E-state index is -0.302. The fraction of sp³-hybridized carbons (Fsp3) is 0.611. The van der Waals surface area contributed by atoms with Crippen LogP contribution in [0.15, 0.2) is 16.6 Å². The molecule has 1 atom stereocenters. The van der Waals surface area contributed by atoms with E-state index >= 15 is 0 Å². The van der Waals surface area contributed by atoms with Gasteiger partial charge in [-0.1, -0.05) is 22.9 Å². The lowest BCUT2D eigenvalue weighted by molar-refractivity contribution is -0.124. The minimum absolute atomic E-state index is 0.0508. The smallest absolute Gasteiger partial charge is 0.258 e. The number of ether oxygens (including phenoxy) is 2. The van der Waals surface area contributed by atoms with E-state index in [2.05, 4.69) is 26.6 Å². The molecule has 0 aliphatic heterocycles. The van der Waals surface area contributed by atoms with Gasteiger partial charge < -0.3 is 25.2 Å². The van der Waals surface area contributed by atoms with E-state index in [1.54, 1.807) is 13.2 Å². The van der Waals surface area contributed by atoms with Crippen LogP contribution in [0.4, 0.5) is 0 Å². The van der Waals surface area contributed by atoms with E-state index < -0.39 is 0 Å². The maximum atomic E-state index is 11.9. The molecule has 1 unspecified atom stereocenters. The first-order chi connectivity index (χ1) is 11.7. The predicted molar refractivity (Wildman–Crippen MR) is 102 cm³/mol. The van der Waals surface area contributed by atoms with Crippen molar-refractivity contribution in [2.45, 2.75) is 52.2 Å². The largest absolute Gasteiger partial charge is 0.493 e. The third-order valence-electron chi connectivity index (χ3n) is 3.50. The number of aliphatic hydroxyl groups excluding tert-OH is 1. The molecular formula is C18H29BrN2O4. The number of amides is 1. The van der Waals surface area contributed by atoms with Crippen molar-refractivity contribution in [3.63, 3.8) is 0 Å². The van der Waals surface area contributed by atoms with Gasteiger partial charge in [0.15, 0.2) is 18.1 Å². The molecule has 1 aromatic carbocycles. The molecule has 0 saturated heterocycles. The summed E-state index contributed by atoms with van der Waals surface area (Å²) in [5.74, 6) is 0.863. The summed E-state index contributed by atoms with van der Waals surface area (Å²) in [5.41, 5.74) is 0.679. The molecule has 6 nitrogen and oxygen atoms in total. The molecule has 1 aromatic rings. The van der Waals surface area contributed by atoms with Gasteiger partial charge in [0.25, 0.3) is 5.91 Å². The molecular weight excluding hydrogens is 388 g/mol.